The predicted octanol–water partition coefficient (Wildman–Crippen LogP) is 2.24. The summed E-state index contributed by atoms with van der Waals surface area (Å²) >= 11 is 1.78. The van der Waals surface area contributed by atoms with E-state index in [2.05, 4.69) is 11.6 Å². The van der Waals surface area contributed by atoms with E-state index in [4.69, 9.17) is 10.5 Å². The largest absolute Gasteiger partial charge is 0.381 e. The number of nitrogens with two attached hydrogens (primary N) is 1. The maximum absolute atomic E-state index is 12.5. The molecule has 20 heavy (non-hydrogen) atoms. The second kappa shape index (κ2) is 7.11. The predicted molar refractivity (Wildman–Crippen MR) is 83.8 cm³/mol. The van der Waals surface area contributed by atoms with E-state index >= 15 is 0 Å². The monoisotopic (exact) mass is 294 g/mol. The van der Waals surface area contributed by atoms with E-state index in [9.17, 15) is 4.79 Å². The van der Waals surface area contributed by atoms with Crippen LogP contribution in [0.1, 0.15) is 18.4 Å². The Bertz CT molecular complexity index is 442. The van der Waals surface area contributed by atoms with Gasteiger partial charge in [-0.05, 0) is 36.8 Å². The second-order valence-electron chi connectivity index (χ2n) is 5.18. The van der Waals surface area contributed by atoms with Crippen LogP contribution in [0.4, 0.5) is 5.69 Å². The molecule has 0 radical (unpaired) electrons. The van der Waals surface area contributed by atoms with Gasteiger partial charge in [-0.25, -0.2) is 0 Å². The van der Waals surface area contributed by atoms with E-state index in [1.165, 1.54) is 5.56 Å². The van der Waals surface area contributed by atoms with Gasteiger partial charge in [-0.2, -0.15) is 11.8 Å². The Morgan fingerprint density at radius 1 is 1.35 bits per heavy atom. The highest BCUT2D eigenvalue weighted by atomic mass is 32.2. The molecule has 0 bridgehead atoms. The van der Waals surface area contributed by atoms with E-state index in [1.807, 2.05) is 24.3 Å². The molecule has 110 valence electrons. The Hall–Kier alpha value is -1.04. The van der Waals surface area contributed by atoms with E-state index in [-0.39, 0.29) is 5.91 Å². The van der Waals surface area contributed by atoms with Gasteiger partial charge in [0.1, 0.15) is 0 Å². The molecular weight excluding hydrogens is 272 g/mol. The molecule has 1 heterocycles. The summed E-state index contributed by atoms with van der Waals surface area (Å²) in [4.78, 5) is 12.5. The first-order valence-corrected chi connectivity index (χ1v) is 8.27. The number of nitrogens with one attached hydrogen (secondary N) is 1. The fourth-order valence-corrected chi connectivity index (χ4v) is 2.93. The van der Waals surface area contributed by atoms with Crippen molar-refractivity contribution in [2.24, 2.45) is 11.1 Å². The zero-order valence-corrected chi connectivity index (χ0v) is 12.7. The quantitative estimate of drug-likeness (QED) is 0.874. The van der Waals surface area contributed by atoms with Gasteiger partial charge in [-0.3, -0.25) is 4.79 Å². The smallest absolute Gasteiger partial charge is 0.232 e. The third-order valence-electron chi connectivity index (χ3n) is 3.85. The minimum absolute atomic E-state index is 0.0147. The van der Waals surface area contributed by atoms with Crippen LogP contribution in [0.5, 0.6) is 0 Å². The number of rotatable bonds is 5. The van der Waals surface area contributed by atoms with Crippen molar-refractivity contribution in [3.63, 3.8) is 0 Å². The standard InChI is InChI=1S/C15H22N2O2S/c1-20-10-12-2-4-13(5-3-12)17-14(18)15(11-16)6-8-19-9-7-15/h2-5H,6-11,16H2,1H3,(H,17,18). The molecule has 1 aliphatic rings. The molecule has 3 N–H and O–H groups in total. The lowest BCUT2D eigenvalue weighted by Gasteiger charge is -2.34. The molecule has 1 saturated heterocycles. The van der Waals surface area contributed by atoms with Crippen molar-refractivity contribution < 1.29 is 9.53 Å². The topological polar surface area (TPSA) is 64.4 Å². The van der Waals surface area contributed by atoms with Crippen molar-refractivity contribution in [3.05, 3.63) is 29.8 Å². The molecule has 4 nitrogen and oxygen atoms in total. The summed E-state index contributed by atoms with van der Waals surface area (Å²) in [6, 6.07) is 8.00. The summed E-state index contributed by atoms with van der Waals surface area (Å²) in [6.07, 6.45) is 3.46. The third kappa shape index (κ3) is 3.53. The number of ether oxygens (including phenoxy) is 1. The number of benzene rings is 1. The SMILES string of the molecule is CSCc1ccc(NC(=O)C2(CN)CCOCC2)cc1. The number of thioether (sulfide) groups is 1. The highest BCUT2D eigenvalue weighted by Crippen LogP contribution is 2.31. The number of carbonyl (C=O) groups is 1. The van der Waals surface area contributed by atoms with Crippen molar-refractivity contribution in [1.29, 1.82) is 0 Å². The highest BCUT2D eigenvalue weighted by Gasteiger charge is 2.38. The zero-order chi connectivity index (χ0) is 14.4. The van der Waals surface area contributed by atoms with Crippen LogP contribution in [0.25, 0.3) is 0 Å². The van der Waals surface area contributed by atoms with Gasteiger partial charge in [0, 0.05) is 31.2 Å². The van der Waals surface area contributed by atoms with Gasteiger partial charge in [0.05, 0.1) is 5.41 Å². The van der Waals surface area contributed by atoms with Crippen LogP contribution in [-0.2, 0) is 15.3 Å². The van der Waals surface area contributed by atoms with Crippen LogP contribution in [0.15, 0.2) is 24.3 Å². The van der Waals surface area contributed by atoms with Gasteiger partial charge in [0.2, 0.25) is 5.91 Å². The number of amides is 1. The lowest BCUT2D eigenvalue weighted by molar-refractivity contribution is -0.130. The lowest BCUT2D eigenvalue weighted by Crippen LogP contribution is -2.46. The molecule has 1 amide bonds. The molecule has 1 fully saturated rings. The number of anilines is 1. The molecule has 0 aromatic heterocycles. The number of hydrogen-bond donors (Lipinski definition) is 2. The van der Waals surface area contributed by atoms with Crippen molar-refractivity contribution in [3.8, 4) is 0 Å². The average molecular weight is 294 g/mol. The summed E-state index contributed by atoms with van der Waals surface area (Å²) in [6.45, 7) is 1.58. The maximum Gasteiger partial charge on any atom is 0.232 e. The summed E-state index contributed by atoms with van der Waals surface area (Å²) in [5.41, 5.74) is 7.45. The molecule has 0 saturated carbocycles. The van der Waals surface area contributed by atoms with Crippen LogP contribution in [0, 0.1) is 5.41 Å². The highest BCUT2D eigenvalue weighted by molar-refractivity contribution is 7.97. The van der Waals surface area contributed by atoms with Crippen LogP contribution in [0.2, 0.25) is 0 Å². The van der Waals surface area contributed by atoms with E-state index in [0.29, 0.717) is 32.6 Å². The van der Waals surface area contributed by atoms with Crippen LogP contribution in [0.3, 0.4) is 0 Å². The fourth-order valence-electron chi connectivity index (χ4n) is 2.40. The summed E-state index contributed by atoms with van der Waals surface area (Å²) < 4.78 is 5.33. The second-order valence-corrected chi connectivity index (χ2v) is 6.05. The van der Waals surface area contributed by atoms with Crippen molar-refractivity contribution >= 4 is 23.4 Å². The Balaban J connectivity index is 2.02. The molecule has 0 aliphatic carbocycles. The van der Waals surface area contributed by atoms with Gasteiger partial charge in [-0.1, -0.05) is 12.1 Å². The molecular formula is C15H22N2O2S. The number of carbonyl (C=O) groups excluding carboxylic acids is 1. The average Bonchev–Trinajstić information content (AvgIpc) is 2.50. The molecule has 2 rings (SSSR count). The maximum atomic E-state index is 12.5. The molecule has 1 aromatic carbocycles. The normalized spacial score (nSPS) is 17.7. The summed E-state index contributed by atoms with van der Waals surface area (Å²) in [5.74, 6) is 0.999. The van der Waals surface area contributed by atoms with Crippen LogP contribution >= 0.6 is 11.8 Å². The molecule has 1 aliphatic heterocycles. The number of hydrogen-bond acceptors (Lipinski definition) is 4. The molecule has 0 spiro atoms. The first kappa shape index (κ1) is 15.4. The summed E-state index contributed by atoms with van der Waals surface area (Å²) in [5, 5.41) is 2.99. The van der Waals surface area contributed by atoms with Gasteiger partial charge in [-0.15, -0.1) is 0 Å². The Morgan fingerprint density at radius 2 is 2.00 bits per heavy atom. The summed E-state index contributed by atoms with van der Waals surface area (Å²) in [7, 11) is 0. The lowest BCUT2D eigenvalue weighted by atomic mass is 9.79. The Kier molecular flexibility index (Phi) is 5.46. The molecule has 0 atom stereocenters. The fraction of sp³-hybridized carbons (Fsp3) is 0.533. The minimum atomic E-state index is -0.476. The molecule has 5 heteroatoms. The van der Waals surface area contributed by atoms with E-state index in [0.717, 1.165) is 11.4 Å². The molecule has 1 aromatic rings. The van der Waals surface area contributed by atoms with Crippen LogP contribution < -0.4 is 11.1 Å². The first-order chi connectivity index (χ1) is 9.70. The van der Waals surface area contributed by atoms with Crippen molar-refractivity contribution in [2.45, 2.75) is 18.6 Å². The van der Waals surface area contributed by atoms with Crippen molar-refractivity contribution in [2.75, 3.05) is 31.3 Å². The third-order valence-corrected chi connectivity index (χ3v) is 4.47. The minimum Gasteiger partial charge on any atom is -0.381 e. The van der Waals surface area contributed by atoms with Gasteiger partial charge in [0.25, 0.3) is 0 Å². The Labute approximate surface area is 124 Å². The first-order valence-electron chi connectivity index (χ1n) is 6.87. The van der Waals surface area contributed by atoms with Gasteiger partial charge < -0.3 is 15.8 Å². The molecule has 0 unspecified atom stereocenters. The van der Waals surface area contributed by atoms with Crippen LogP contribution in [-0.4, -0.2) is 31.9 Å². The van der Waals surface area contributed by atoms with Gasteiger partial charge >= 0.3 is 0 Å². The van der Waals surface area contributed by atoms with Crippen molar-refractivity contribution in [1.82, 2.24) is 0 Å². The van der Waals surface area contributed by atoms with E-state index in [1.54, 1.807) is 11.8 Å². The van der Waals surface area contributed by atoms with E-state index < -0.39 is 5.41 Å². The van der Waals surface area contributed by atoms with Gasteiger partial charge in [0.15, 0.2) is 0 Å². The Morgan fingerprint density at radius 3 is 2.55 bits per heavy atom. The zero-order valence-electron chi connectivity index (χ0n) is 11.9.